The molecule has 6 heteroatoms. The summed E-state index contributed by atoms with van der Waals surface area (Å²) in [4.78, 5) is 13.7. The average molecular weight is 276 g/mol. The van der Waals surface area contributed by atoms with Gasteiger partial charge in [-0.25, -0.2) is 8.42 Å². The number of hydrogen-bond acceptors (Lipinski definition) is 4. The first kappa shape index (κ1) is 15.4. The number of nitrogens with zero attached hydrogens (tertiary/aromatic N) is 1. The summed E-state index contributed by atoms with van der Waals surface area (Å²) in [5.74, 6) is 0.638. The van der Waals surface area contributed by atoms with Crippen molar-refractivity contribution in [2.75, 3.05) is 32.1 Å². The zero-order valence-corrected chi connectivity index (χ0v) is 12.3. The molecule has 1 amide bonds. The van der Waals surface area contributed by atoms with Gasteiger partial charge in [-0.1, -0.05) is 13.3 Å². The fourth-order valence-corrected chi connectivity index (χ4v) is 2.84. The van der Waals surface area contributed by atoms with E-state index < -0.39 is 9.84 Å². The average Bonchev–Trinajstić information content (AvgIpc) is 2.34. The molecule has 0 radical (unpaired) electrons. The van der Waals surface area contributed by atoms with Crippen molar-refractivity contribution in [2.45, 2.75) is 32.2 Å². The normalized spacial score (nSPS) is 24.8. The van der Waals surface area contributed by atoms with Crippen LogP contribution in [-0.2, 0) is 14.6 Å². The van der Waals surface area contributed by atoms with Crippen molar-refractivity contribution in [3.63, 3.8) is 0 Å². The second kappa shape index (κ2) is 6.52. The first-order valence-electron chi connectivity index (χ1n) is 6.49. The van der Waals surface area contributed by atoms with E-state index in [0.29, 0.717) is 5.92 Å². The fraction of sp³-hybridized carbons (Fsp3) is 0.917. The van der Waals surface area contributed by atoms with Crippen LogP contribution in [0.1, 0.15) is 26.2 Å². The van der Waals surface area contributed by atoms with Crippen LogP contribution in [0.25, 0.3) is 0 Å². The van der Waals surface area contributed by atoms with E-state index in [4.69, 9.17) is 0 Å². The lowest BCUT2D eigenvalue weighted by atomic mass is 9.90. The molecule has 106 valence electrons. The van der Waals surface area contributed by atoms with E-state index in [9.17, 15) is 13.2 Å². The number of carbonyl (C=O) groups is 1. The maximum absolute atomic E-state index is 12.1. The summed E-state index contributed by atoms with van der Waals surface area (Å²) in [6, 6.07) is -0.145. The quantitative estimate of drug-likeness (QED) is 0.782. The molecule has 0 saturated carbocycles. The summed E-state index contributed by atoms with van der Waals surface area (Å²) >= 11 is 0. The van der Waals surface area contributed by atoms with Crippen LogP contribution in [0.5, 0.6) is 0 Å². The third kappa shape index (κ3) is 4.94. The fourth-order valence-electron chi connectivity index (χ4n) is 2.23. The molecule has 0 aromatic heterocycles. The van der Waals surface area contributed by atoms with Crippen molar-refractivity contribution >= 4 is 15.7 Å². The molecule has 1 N–H and O–H groups in total. The van der Waals surface area contributed by atoms with Crippen molar-refractivity contribution in [3.8, 4) is 0 Å². The zero-order valence-electron chi connectivity index (χ0n) is 11.5. The van der Waals surface area contributed by atoms with Crippen LogP contribution in [0.3, 0.4) is 0 Å². The monoisotopic (exact) mass is 276 g/mol. The SMILES string of the molecule is CCC1CCNC(C(=O)N(C)CCS(C)(=O)=O)C1. The molecule has 1 fully saturated rings. The van der Waals surface area contributed by atoms with E-state index in [-0.39, 0.29) is 24.2 Å². The van der Waals surface area contributed by atoms with Gasteiger partial charge < -0.3 is 10.2 Å². The Labute approximate surface area is 110 Å². The van der Waals surface area contributed by atoms with Crippen molar-refractivity contribution in [3.05, 3.63) is 0 Å². The number of sulfone groups is 1. The van der Waals surface area contributed by atoms with Crippen LogP contribution in [0, 0.1) is 5.92 Å². The Kier molecular flexibility index (Phi) is 5.59. The predicted molar refractivity (Wildman–Crippen MR) is 72.2 cm³/mol. The lowest BCUT2D eigenvalue weighted by Crippen LogP contribution is -2.49. The Morgan fingerprint density at radius 2 is 2.11 bits per heavy atom. The van der Waals surface area contributed by atoms with Gasteiger partial charge in [-0.05, 0) is 25.3 Å². The number of amides is 1. The van der Waals surface area contributed by atoms with Gasteiger partial charge in [-0.3, -0.25) is 4.79 Å². The van der Waals surface area contributed by atoms with Gasteiger partial charge in [0, 0.05) is 19.8 Å². The molecule has 0 bridgehead atoms. The van der Waals surface area contributed by atoms with Crippen LogP contribution < -0.4 is 5.32 Å². The molecular weight excluding hydrogens is 252 g/mol. The summed E-state index contributed by atoms with van der Waals surface area (Å²) in [6.07, 6.45) is 4.27. The lowest BCUT2D eigenvalue weighted by Gasteiger charge is -2.31. The van der Waals surface area contributed by atoms with Crippen molar-refractivity contribution in [2.24, 2.45) is 5.92 Å². The second-order valence-corrected chi connectivity index (χ2v) is 7.45. The van der Waals surface area contributed by atoms with E-state index in [1.54, 1.807) is 7.05 Å². The number of rotatable bonds is 5. The Hall–Kier alpha value is -0.620. The molecule has 1 saturated heterocycles. The third-order valence-corrected chi connectivity index (χ3v) is 4.49. The van der Waals surface area contributed by atoms with Gasteiger partial charge in [-0.15, -0.1) is 0 Å². The summed E-state index contributed by atoms with van der Waals surface area (Å²) in [7, 11) is -1.34. The van der Waals surface area contributed by atoms with E-state index in [1.807, 2.05) is 0 Å². The molecule has 2 unspecified atom stereocenters. The molecule has 0 spiro atoms. The van der Waals surface area contributed by atoms with Gasteiger partial charge in [0.1, 0.15) is 9.84 Å². The van der Waals surface area contributed by atoms with Gasteiger partial charge in [0.15, 0.2) is 0 Å². The van der Waals surface area contributed by atoms with Gasteiger partial charge in [-0.2, -0.15) is 0 Å². The number of carbonyl (C=O) groups excluding carboxylic acids is 1. The molecule has 0 aliphatic carbocycles. The second-order valence-electron chi connectivity index (χ2n) is 5.20. The van der Waals surface area contributed by atoms with E-state index in [1.165, 1.54) is 11.2 Å². The molecule has 2 atom stereocenters. The number of piperidine rings is 1. The van der Waals surface area contributed by atoms with Gasteiger partial charge in [0.05, 0.1) is 11.8 Å². The summed E-state index contributed by atoms with van der Waals surface area (Å²) in [5.41, 5.74) is 0. The molecule has 1 heterocycles. The van der Waals surface area contributed by atoms with E-state index in [0.717, 1.165) is 25.8 Å². The van der Waals surface area contributed by atoms with Gasteiger partial charge in [0.2, 0.25) is 5.91 Å². The zero-order chi connectivity index (χ0) is 13.8. The number of hydrogen-bond donors (Lipinski definition) is 1. The van der Waals surface area contributed by atoms with Crippen molar-refractivity contribution in [1.29, 1.82) is 0 Å². The summed E-state index contributed by atoms with van der Waals surface area (Å²) in [6.45, 7) is 3.28. The summed E-state index contributed by atoms with van der Waals surface area (Å²) in [5, 5.41) is 3.22. The highest BCUT2D eigenvalue weighted by Gasteiger charge is 2.28. The molecular formula is C12H24N2O3S. The first-order chi connectivity index (χ1) is 8.33. The minimum absolute atomic E-state index is 0.0109. The van der Waals surface area contributed by atoms with Crippen LogP contribution in [0.4, 0.5) is 0 Å². The molecule has 1 aliphatic rings. The molecule has 0 aromatic carbocycles. The molecule has 1 rings (SSSR count). The van der Waals surface area contributed by atoms with Crippen molar-refractivity contribution in [1.82, 2.24) is 10.2 Å². The topological polar surface area (TPSA) is 66.5 Å². The minimum Gasteiger partial charge on any atom is -0.343 e. The Morgan fingerprint density at radius 1 is 1.44 bits per heavy atom. The Balaban J connectivity index is 2.47. The largest absolute Gasteiger partial charge is 0.343 e. The molecule has 1 aliphatic heterocycles. The van der Waals surface area contributed by atoms with Crippen LogP contribution >= 0.6 is 0 Å². The lowest BCUT2D eigenvalue weighted by molar-refractivity contribution is -0.132. The predicted octanol–water partition coefficient (Wildman–Crippen LogP) is 0.268. The highest BCUT2D eigenvalue weighted by Crippen LogP contribution is 2.20. The Morgan fingerprint density at radius 3 is 2.67 bits per heavy atom. The minimum atomic E-state index is -3.01. The van der Waals surface area contributed by atoms with Crippen molar-refractivity contribution < 1.29 is 13.2 Å². The summed E-state index contributed by atoms with van der Waals surface area (Å²) < 4.78 is 22.2. The molecule has 0 aromatic rings. The maximum atomic E-state index is 12.1. The van der Waals surface area contributed by atoms with Gasteiger partial charge in [0.25, 0.3) is 0 Å². The number of nitrogens with one attached hydrogen (secondary N) is 1. The smallest absolute Gasteiger partial charge is 0.239 e. The Bertz CT molecular complexity index is 381. The maximum Gasteiger partial charge on any atom is 0.239 e. The van der Waals surface area contributed by atoms with Gasteiger partial charge >= 0.3 is 0 Å². The number of likely N-dealkylation sites (N-methyl/N-ethyl adjacent to an activating group) is 1. The van der Waals surface area contributed by atoms with E-state index in [2.05, 4.69) is 12.2 Å². The highest BCUT2D eigenvalue weighted by molar-refractivity contribution is 7.90. The molecule has 5 nitrogen and oxygen atoms in total. The molecule has 18 heavy (non-hydrogen) atoms. The third-order valence-electron chi connectivity index (χ3n) is 3.56. The highest BCUT2D eigenvalue weighted by atomic mass is 32.2. The van der Waals surface area contributed by atoms with Crippen LogP contribution in [-0.4, -0.2) is 57.4 Å². The van der Waals surface area contributed by atoms with Crippen LogP contribution in [0.2, 0.25) is 0 Å². The van der Waals surface area contributed by atoms with Crippen LogP contribution in [0.15, 0.2) is 0 Å². The first-order valence-corrected chi connectivity index (χ1v) is 8.55. The standard InChI is InChI=1S/C12H24N2O3S/c1-4-10-5-6-13-11(9-10)12(15)14(2)7-8-18(3,16)17/h10-11,13H,4-9H2,1-3H3. The van der Waals surface area contributed by atoms with E-state index >= 15 is 0 Å².